The van der Waals surface area contributed by atoms with Gasteiger partial charge in [-0.2, -0.15) is 23.4 Å². The van der Waals surface area contributed by atoms with E-state index in [-0.39, 0.29) is 23.8 Å². The van der Waals surface area contributed by atoms with Crippen LogP contribution in [-0.2, 0) is 0 Å². The van der Waals surface area contributed by atoms with Gasteiger partial charge in [0.15, 0.2) is 17.3 Å². The molecule has 0 spiro atoms. The summed E-state index contributed by atoms with van der Waals surface area (Å²) in [6.07, 6.45) is -1.50. The SMILES string of the molecule is Cc1ccc([C@H]2C[C@H](C(F)(F)F)n3nc(-c4nc5c6cnn(-c7ccccc7)c6ncn5n4)cc3N2)cc1C. The Morgan fingerprint density at radius 2 is 1.77 bits per heavy atom. The normalized spacial score (nSPS) is 17.5. The van der Waals surface area contributed by atoms with Crippen molar-refractivity contribution in [2.24, 2.45) is 0 Å². The second-order valence-electron chi connectivity index (χ2n) is 9.77. The number of nitrogens with one attached hydrogen (secondary N) is 1. The zero-order valence-corrected chi connectivity index (χ0v) is 20.9. The standard InChI is InChI=1S/C27H22F3N9/c1-15-8-9-17(10-16(15)2)20-11-22(27(28,29)30)39-23(33-20)12-21(35-39)24-34-26-19-13-32-38(18-6-4-3-5-7-18)25(19)31-14-37(26)36-24/h3-10,12-14,20,22,33H,11H2,1-2H3/t20-,22-/m1/s1. The Balaban J connectivity index is 1.30. The molecule has 2 aromatic carbocycles. The minimum Gasteiger partial charge on any atom is -0.363 e. The molecule has 39 heavy (non-hydrogen) atoms. The molecule has 4 aromatic heterocycles. The Kier molecular flexibility index (Phi) is 5.03. The number of hydrogen-bond acceptors (Lipinski definition) is 6. The fourth-order valence-corrected chi connectivity index (χ4v) is 5.07. The predicted molar refractivity (Wildman–Crippen MR) is 139 cm³/mol. The van der Waals surface area contributed by atoms with Gasteiger partial charge < -0.3 is 5.32 Å². The summed E-state index contributed by atoms with van der Waals surface area (Å²) in [5.41, 5.74) is 5.07. The lowest BCUT2D eigenvalue weighted by Gasteiger charge is -2.33. The van der Waals surface area contributed by atoms with Gasteiger partial charge in [0.25, 0.3) is 0 Å². The predicted octanol–water partition coefficient (Wildman–Crippen LogP) is 5.60. The van der Waals surface area contributed by atoms with Crippen LogP contribution in [0.4, 0.5) is 19.0 Å². The topological polar surface area (TPSA) is 90.8 Å². The molecule has 7 rings (SSSR count). The van der Waals surface area contributed by atoms with Crippen molar-refractivity contribution in [3.63, 3.8) is 0 Å². The molecule has 9 nitrogen and oxygen atoms in total. The number of rotatable bonds is 3. The summed E-state index contributed by atoms with van der Waals surface area (Å²) in [4.78, 5) is 9.11. The molecular formula is C27H22F3N9. The molecule has 1 aliphatic heterocycles. The van der Waals surface area contributed by atoms with E-state index in [0.29, 0.717) is 16.7 Å². The highest BCUT2D eigenvalue weighted by Gasteiger charge is 2.46. The number of fused-ring (bicyclic) bond motifs is 4. The number of benzene rings is 2. The molecule has 0 saturated carbocycles. The molecule has 1 N–H and O–H groups in total. The quantitative estimate of drug-likeness (QED) is 0.321. The van der Waals surface area contributed by atoms with Crippen LogP contribution in [0.2, 0.25) is 0 Å². The molecule has 0 radical (unpaired) electrons. The number of aryl methyl sites for hydroxylation is 2. The molecule has 12 heteroatoms. The van der Waals surface area contributed by atoms with Crippen LogP contribution in [0, 0.1) is 13.8 Å². The minimum atomic E-state index is -4.48. The smallest absolute Gasteiger partial charge is 0.363 e. The molecule has 6 aromatic rings. The van der Waals surface area contributed by atoms with Crippen molar-refractivity contribution in [3.05, 3.63) is 83.8 Å². The lowest BCUT2D eigenvalue weighted by molar-refractivity contribution is -0.173. The third kappa shape index (κ3) is 3.82. The number of hydrogen-bond donors (Lipinski definition) is 1. The first-order chi connectivity index (χ1) is 18.8. The van der Waals surface area contributed by atoms with Gasteiger partial charge in [-0.1, -0.05) is 36.4 Å². The third-order valence-corrected chi connectivity index (χ3v) is 7.26. The summed E-state index contributed by atoms with van der Waals surface area (Å²) in [5.74, 6) is 0.463. The van der Waals surface area contributed by atoms with Crippen molar-refractivity contribution in [3.8, 4) is 17.2 Å². The monoisotopic (exact) mass is 529 g/mol. The number of aromatic nitrogens is 8. The van der Waals surface area contributed by atoms with E-state index in [1.807, 2.05) is 62.4 Å². The lowest BCUT2D eigenvalue weighted by atomic mass is 9.94. The Hall–Kier alpha value is -4.74. The summed E-state index contributed by atoms with van der Waals surface area (Å²) >= 11 is 0. The van der Waals surface area contributed by atoms with E-state index in [1.165, 1.54) is 10.8 Å². The van der Waals surface area contributed by atoms with Crippen LogP contribution >= 0.6 is 0 Å². The molecule has 0 bridgehead atoms. The zero-order chi connectivity index (χ0) is 26.9. The van der Waals surface area contributed by atoms with E-state index in [1.54, 1.807) is 16.9 Å². The van der Waals surface area contributed by atoms with E-state index in [9.17, 15) is 13.2 Å². The highest BCUT2D eigenvalue weighted by atomic mass is 19.4. The first-order valence-electron chi connectivity index (χ1n) is 12.4. The highest BCUT2D eigenvalue weighted by Crippen LogP contribution is 2.44. The van der Waals surface area contributed by atoms with Gasteiger partial charge in [0.05, 0.1) is 23.3 Å². The van der Waals surface area contributed by atoms with Crippen LogP contribution in [0.1, 0.15) is 35.2 Å². The van der Waals surface area contributed by atoms with E-state index >= 15 is 0 Å². The van der Waals surface area contributed by atoms with Crippen LogP contribution in [0.15, 0.2) is 67.1 Å². The second kappa shape index (κ2) is 8.38. The molecule has 0 saturated heterocycles. The first-order valence-corrected chi connectivity index (χ1v) is 12.4. The van der Waals surface area contributed by atoms with E-state index in [0.717, 1.165) is 27.1 Å². The van der Waals surface area contributed by atoms with Crippen molar-refractivity contribution in [2.75, 3.05) is 5.32 Å². The Bertz CT molecular complexity index is 1850. The highest BCUT2D eigenvalue weighted by molar-refractivity contribution is 5.89. The molecule has 0 fully saturated rings. The summed E-state index contributed by atoms with van der Waals surface area (Å²) in [5, 5.41) is 17.1. The first kappa shape index (κ1) is 23.4. The van der Waals surface area contributed by atoms with Gasteiger partial charge in [-0.05, 0) is 42.7 Å². The summed E-state index contributed by atoms with van der Waals surface area (Å²) < 4.78 is 46.8. The lowest BCUT2D eigenvalue weighted by Crippen LogP contribution is -2.35. The summed E-state index contributed by atoms with van der Waals surface area (Å²) in [6.45, 7) is 3.93. The minimum absolute atomic E-state index is 0.179. The van der Waals surface area contributed by atoms with Gasteiger partial charge in [0.1, 0.15) is 17.8 Å². The average Bonchev–Trinajstić information content (AvgIpc) is 3.65. The molecule has 0 unspecified atom stereocenters. The van der Waals surface area contributed by atoms with Crippen LogP contribution in [-0.4, -0.2) is 45.3 Å². The van der Waals surface area contributed by atoms with Crippen molar-refractivity contribution >= 4 is 22.5 Å². The summed E-state index contributed by atoms with van der Waals surface area (Å²) in [6, 6.07) is 14.6. The van der Waals surface area contributed by atoms with Gasteiger partial charge >= 0.3 is 6.18 Å². The van der Waals surface area contributed by atoms with Crippen molar-refractivity contribution in [1.29, 1.82) is 0 Å². The summed E-state index contributed by atoms with van der Waals surface area (Å²) in [7, 11) is 0. The van der Waals surface area contributed by atoms with Gasteiger partial charge in [-0.25, -0.2) is 23.8 Å². The van der Waals surface area contributed by atoms with Crippen molar-refractivity contribution in [1.82, 2.24) is 39.1 Å². The number of anilines is 1. The van der Waals surface area contributed by atoms with Crippen LogP contribution in [0.25, 0.3) is 33.9 Å². The maximum absolute atomic E-state index is 14.2. The Morgan fingerprint density at radius 1 is 0.949 bits per heavy atom. The molecular weight excluding hydrogens is 507 g/mol. The number of para-hydroxylation sites is 1. The largest absolute Gasteiger partial charge is 0.410 e. The molecule has 2 atom stereocenters. The third-order valence-electron chi connectivity index (χ3n) is 7.26. The van der Waals surface area contributed by atoms with Crippen LogP contribution in [0.5, 0.6) is 0 Å². The van der Waals surface area contributed by atoms with E-state index in [4.69, 9.17) is 0 Å². The van der Waals surface area contributed by atoms with E-state index in [2.05, 4.69) is 30.6 Å². The van der Waals surface area contributed by atoms with E-state index < -0.39 is 18.3 Å². The zero-order valence-electron chi connectivity index (χ0n) is 20.9. The molecule has 196 valence electrons. The van der Waals surface area contributed by atoms with Gasteiger partial charge in [-0.15, -0.1) is 5.10 Å². The molecule has 0 aliphatic carbocycles. The maximum atomic E-state index is 14.2. The fraction of sp³-hybridized carbons (Fsp3) is 0.222. The fourth-order valence-electron chi connectivity index (χ4n) is 5.07. The number of nitrogens with zero attached hydrogens (tertiary/aromatic N) is 8. The number of halogens is 3. The second-order valence-corrected chi connectivity index (χ2v) is 9.77. The van der Waals surface area contributed by atoms with Gasteiger partial charge in [0, 0.05) is 12.5 Å². The van der Waals surface area contributed by atoms with Crippen LogP contribution < -0.4 is 5.32 Å². The van der Waals surface area contributed by atoms with Crippen LogP contribution in [0.3, 0.4) is 0 Å². The molecule has 0 amide bonds. The Morgan fingerprint density at radius 3 is 2.54 bits per heavy atom. The molecule has 5 heterocycles. The van der Waals surface area contributed by atoms with Gasteiger partial charge in [0.2, 0.25) is 5.82 Å². The molecule has 1 aliphatic rings. The van der Waals surface area contributed by atoms with Crippen molar-refractivity contribution < 1.29 is 13.2 Å². The average molecular weight is 530 g/mol. The number of alkyl halides is 3. The maximum Gasteiger partial charge on any atom is 0.410 e. The van der Waals surface area contributed by atoms with Crippen molar-refractivity contribution in [2.45, 2.75) is 38.5 Å². The van der Waals surface area contributed by atoms with Gasteiger partial charge in [-0.3, -0.25) is 0 Å². The Labute approximate surface area is 219 Å².